The molecule has 0 radical (unpaired) electrons. The standard InChI is InChI=1S/C21H22N6O3/c1-12-16(3-4-17-18(12)11-30-20(17)29)19(28)10-24-7-14(5-22)8-25-21-26-9-15(6-23)13(2)27-21/h3-5,8-9,19,22,24,28H,7,10-11H2,1-2H3,(H,25,26,27)/b14-8+,22-5?/t19-/m0/s1. The van der Waals surface area contributed by atoms with E-state index in [2.05, 4.69) is 20.6 Å². The molecule has 1 aliphatic heterocycles. The van der Waals surface area contributed by atoms with E-state index in [0.29, 0.717) is 34.9 Å². The van der Waals surface area contributed by atoms with Gasteiger partial charge in [0.25, 0.3) is 0 Å². The number of carbonyl (C=O) groups is 1. The Bertz CT molecular complexity index is 1060. The molecule has 1 atom stereocenters. The van der Waals surface area contributed by atoms with E-state index < -0.39 is 6.10 Å². The lowest BCUT2D eigenvalue weighted by atomic mass is 9.95. The van der Waals surface area contributed by atoms with Gasteiger partial charge in [-0.25, -0.2) is 14.8 Å². The zero-order valence-corrected chi connectivity index (χ0v) is 16.7. The van der Waals surface area contributed by atoms with E-state index >= 15 is 0 Å². The topological polar surface area (TPSA) is 144 Å². The zero-order chi connectivity index (χ0) is 21.7. The van der Waals surface area contributed by atoms with Crippen LogP contribution in [0, 0.1) is 30.6 Å². The molecular weight excluding hydrogens is 384 g/mol. The number of nitriles is 1. The number of aliphatic hydroxyl groups is 1. The summed E-state index contributed by atoms with van der Waals surface area (Å²) in [5.74, 6) is -0.00150. The number of cyclic esters (lactones) is 1. The van der Waals surface area contributed by atoms with Crippen LogP contribution in [-0.4, -0.2) is 40.3 Å². The SMILES string of the molecule is Cc1nc(N/C=C(\C=N)CNC[C@H](O)c2ccc3c(c2C)COC3=O)ncc1C#N. The molecule has 1 aromatic carbocycles. The Morgan fingerprint density at radius 2 is 2.27 bits per heavy atom. The molecule has 9 nitrogen and oxygen atoms in total. The second-order valence-corrected chi connectivity index (χ2v) is 6.84. The quantitative estimate of drug-likeness (QED) is 0.384. The summed E-state index contributed by atoms with van der Waals surface area (Å²) in [6.07, 6.45) is 3.45. The average molecular weight is 406 g/mol. The van der Waals surface area contributed by atoms with Gasteiger partial charge in [0, 0.05) is 31.1 Å². The molecule has 0 fully saturated rings. The van der Waals surface area contributed by atoms with Crippen molar-refractivity contribution in [3.8, 4) is 6.07 Å². The number of hydrogen-bond donors (Lipinski definition) is 4. The molecule has 0 saturated heterocycles. The number of fused-ring (bicyclic) bond motifs is 1. The van der Waals surface area contributed by atoms with Gasteiger partial charge in [0.15, 0.2) is 0 Å². The minimum atomic E-state index is -0.768. The van der Waals surface area contributed by atoms with Gasteiger partial charge in [0.1, 0.15) is 12.7 Å². The van der Waals surface area contributed by atoms with Crippen LogP contribution < -0.4 is 10.6 Å². The van der Waals surface area contributed by atoms with Crippen molar-refractivity contribution >= 4 is 18.1 Å². The average Bonchev–Trinajstić information content (AvgIpc) is 3.12. The molecule has 1 aliphatic rings. The molecule has 0 aliphatic carbocycles. The molecule has 0 saturated carbocycles. The normalized spacial score (nSPS) is 13.9. The van der Waals surface area contributed by atoms with Crippen molar-refractivity contribution in [1.29, 1.82) is 10.7 Å². The van der Waals surface area contributed by atoms with Crippen LogP contribution in [0.1, 0.15) is 44.4 Å². The molecule has 3 rings (SSSR count). The van der Waals surface area contributed by atoms with Gasteiger partial charge in [-0.1, -0.05) is 6.07 Å². The lowest BCUT2D eigenvalue weighted by Crippen LogP contribution is -2.25. The number of carbonyl (C=O) groups excluding carboxylic acids is 1. The van der Waals surface area contributed by atoms with Gasteiger partial charge in [0.05, 0.1) is 29.1 Å². The minimum absolute atomic E-state index is 0.233. The van der Waals surface area contributed by atoms with E-state index in [1.165, 1.54) is 12.4 Å². The number of nitrogens with one attached hydrogen (secondary N) is 3. The number of anilines is 1. The van der Waals surface area contributed by atoms with Gasteiger partial charge in [-0.05, 0) is 36.6 Å². The van der Waals surface area contributed by atoms with Crippen LogP contribution in [0.25, 0.3) is 0 Å². The monoisotopic (exact) mass is 406 g/mol. The Morgan fingerprint density at radius 1 is 1.47 bits per heavy atom. The third kappa shape index (κ3) is 4.51. The number of rotatable bonds is 8. The van der Waals surface area contributed by atoms with Crippen molar-refractivity contribution in [3.63, 3.8) is 0 Å². The number of nitrogens with zero attached hydrogens (tertiary/aromatic N) is 3. The van der Waals surface area contributed by atoms with Crippen LogP contribution in [0.4, 0.5) is 5.95 Å². The van der Waals surface area contributed by atoms with E-state index in [1.807, 2.05) is 13.0 Å². The lowest BCUT2D eigenvalue weighted by molar-refractivity contribution is 0.0535. The predicted molar refractivity (Wildman–Crippen MR) is 110 cm³/mol. The summed E-state index contributed by atoms with van der Waals surface area (Å²) in [6, 6.07) is 5.43. The number of aliphatic hydroxyl groups excluding tert-OH is 1. The highest BCUT2D eigenvalue weighted by Crippen LogP contribution is 2.28. The number of aryl methyl sites for hydroxylation is 1. The van der Waals surface area contributed by atoms with E-state index in [0.717, 1.165) is 16.7 Å². The maximum Gasteiger partial charge on any atom is 0.338 e. The van der Waals surface area contributed by atoms with Crippen LogP contribution in [0.3, 0.4) is 0 Å². The maximum atomic E-state index is 11.6. The van der Waals surface area contributed by atoms with E-state index in [-0.39, 0.29) is 19.1 Å². The molecule has 154 valence electrons. The Balaban J connectivity index is 1.57. The first-order chi connectivity index (χ1) is 14.4. The van der Waals surface area contributed by atoms with Crippen molar-refractivity contribution in [2.75, 3.05) is 18.4 Å². The first-order valence-electron chi connectivity index (χ1n) is 9.32. The third-order valence-electron chi connectivity index (χ3n) is 4.91. The third-order valence-corrected chi connectivity index (χ3v) is 4.91. The summed E-state index contributed by atoms with van der Waals surface area (Å²) < 4.78 is 5.05. The Labute approximate surface area is 173 Å². The molecule has 0 amide bonds. The molecule has 9 heteroatoms. The summed E-state index contributed by atoms with van der Waals surface area (Å²) in [5.41, 5.74) is 4.56. The highest BCUT2D eigenvalue weighted by atomic mass is 16.5. The van der Waals surface area contributed by atoms with Gasteiger partial charge in [0.2, 0.25) is 5.95 Å². The van der Waals surface area contributed by atoms with Crippen LogP contribution in [-0.2, 0) is 11.3 Å². The van der Waals surface area contributed by atoms with Gasteiger partial charge in [-0.2, -0.15) is 5.26 Å². The van der Waals surface area contributed by atoms with Crippen molar-refractivity contribution in [2.45, 2.75) is 26.6 Å². The second kappa shape index (κ2) is 9.26. The summed E-state index contributed by atoms with van der Waals surface area (Å²) in [4.78, 5) is 19.9. The van der Waals surface area contributed by atoms with Crippen molar-refractivity contribution in [3.05, 3.63) is 63.6 Å². The second-order valence-electron chi connectivity index (χ2n) is 6.84. The van der Waals surface area contributed by atoms with Crippen molar-refractivity contribution in [1.82, 2.24) is 15.3 Å². The van der Waals surface area contributed by atoms with Crippen molar-refractivity contribution < 1.29 is 14.6 Å². The number of aromatic nitrogens is 2. The van der Waals surface area contributed by atoms with E-state index in [9.17, 15) is 9.90 Å². The summed E-state index contributed by atoms with van der Waals surface area (Å²) in [5, 5.41) is 33.0. The van der Waals surface area contributed by atoms with Gasteiger partial charge >= 0.3 is 5.97 Å². The van der Waals surface area contributed by atoms with E-state index in [4.69, 9.17) is 15.4 Å². The minimum Gasteiger partial charge on any atom is -0.457 e. The predicted octanol–water partition coefficient (Wildman–Crippen LogP) is 1.90. The van der Waals surface area contributed by atoms with Crippen LogP contribution >= 0.6 is 0 Å². The summed E-state index contributed by atoms with van der Waals surface area (Å²) in [7, 11) is 0. The Morgan fingerprint density at radius 3 is 2.97 bits per heavy atom. The fourth-order valence-corrected chi connectivity index (χ4v) is 3.14. The van der Waals surface area contributed by atoms with E-state index in [1.54, 1.807) is 25.3 Å². The molecule has 0 spiro atoms. The highest BCUT2D eigenvalue weighted by Gasteiger charge is 2.25. The number of benzene rings is 1. The fourth-order valence-electron chi connectivity index (χ4n) is 3.14. The maximum absolute atomic E-state index is 11.6. The molecule has 1 aromatic heterocycles. The molecular formula is C21H22N6O3. The lowest BCUT2D eigenvalue weighted by Gasteiger charge is -2.16. The Kier molecular flexibility index (Phi) is 6.51. The van der Waals surface area contributed by atoms with Crippen LogP contribution in [0.15, 0.2) is 30.1 Å². The summed E-state index contributed by atoms with van der Waals surface area (Å²) in [6.45, 7) is 4.43. The molecule has 0 unspecified atom stereocenters. The first kappa shape index (κ1) is 21.1. The van der Waals surface area contributed by atoms with Crippen LogP contribution in [0.2, 0.25) is 0 Å². The molecule has 4 N–H and O–H groups in total. The van der Waals surface area contributed by atoms with Crippen molar-refractivity contribution in [2.24, 2.45) is 0 Å². The number of hydrogen-bond acceptors (Lipinski definition) is 9. The zero-order valence-electron chi connectivity index (χ0n) is 16.7. The van der Waals surface area contributed by atoms with Crippen LogP contribution in [0.5, 0.6) is 0 Å². The molecule has 2 heterocycles. The Hall–Kier alpha value is -3.61. The highest BCUT2D eigenvalue weighted by molar-refractivity contribution is 5.94. The first-order valence-corrected chi connectivity index (χ1v) is 9.32. The smallest absolute Gasteiger partial charge is 0.338 e. The van der Waals surface area contributed by atoms with Gasteiger partial charge in [-0.15, -0.1) is 0 Å². The van der Waals surface area contributed by atoms with Gasteiger partial charge < -0.3 is 25.9 Å². The fraction of sp³-hybridized carbons (Fsp3) is 0.286. The molecule has 2 aromatic rings. The number of ether oxygens (including phenoxy) is 1. The summed E-state index contributed by atoms with van der Waals surface area (Å²) >= 11 is 0. The molecule has 30 heavy (non-hydrogen) atoms. The number of esters is 1. The molecule has 0 bridgehead atoms. The largest absolute Gasteiger partial charge is 0.457 e. The van der Waals surface area contributed by atoms with Gasteiger partial charge in [-0.3, -0.25) is 0 Å².